The second-order valence-corrected chi connectivity index (χ2v) is 17.7. The molecule has 0 radical (unpaired) electrons. The van der Waals surface area contributed by atoms with Gasteiger partial charge in [0.05, 0.1) is 27.9 Å². The van der Waals surface area contributed by atoms with Crippen LogP contribution in [0.4, 0.5) is 0 Å². The minimum absolute atomic E-state index is 0.560. The molecule has 0 atom stereocenters. The lowest BCUT2D eigenvalue weighted by Gasteiger charge is -2.12. The Morgan fingerprint density at radius 3 is 1.31 bits per heavy atom. The zero-order valence-electron chi connectivity index (χ0n) is 38.1. The predicted octanol–water partition coefficient (Wildman–Crippen LogP) is 15.6. The van der Waals surface area contributed by atoms with E-state index in [9.17, 15) is 0 Å². The van der Waals surface area contributed by atoms with Gasteiger partial charge in [-0.15, -0.1) is 0 Å². The molecular formula is C63H39N7O. The largest absolute Gasteiger partial charge is 0.434 e. The smallest absolute Gasteiger partial charge is 0.227 e. The Hall–Kier alpha value is -9.79. The van der Waals surface area contributed by atoms with Crippen LogP contribution in [0, 0.1) is 0 Å². The van der Waals surface area contributed by atoms with Crippen LogP contribution in [0.2, 0.25) is 0 Å². The van der Waals surface area contributed by atoms with E-state index < -0.39 is 0 Å². The van der Waals surface area contributed by atoms with Gasteiger partial charge in [-0.25, -0.2) is 24.9 Å². The highest BCUT2D eigenvalue weighted by atomic mass is 16.3. The number of fused-ring (bicyclic) bond motifs is 8. The van der Waals surface area contributed by atoms with Crippen LogP contribution in [0.3, 0.4) is 0 Å². The normalized spacial score (nSPS) is 11.7. The molecule has 8 heteroatoms. The number of nitrogens with zero attached hydrogens (tertiary/aromatic N) is 7. The highest BCUT2D eigenvalue weighted by molar-refractivity contribution is 6.18. The van der Waals surface area contributed by atoms with Crippen LogP contribution in [0.25, 0.3) is 134 Å². The van der Waals surface area contributed by atoms with Gasteiger partial charge in [-0.3, -0.25) is 9.13 Å². The molecule has 0 spiro atoms. The Labute approximate surface area is 407 Å². The van der Waals surface area contributed by atoms with Gasteiger partial charge in [-0.2, -0.15) is 0 Å². The van der Waals surface area contributed by atoms with E-state index >= 15 is 0 Å². The van der Waals surface area contributed by atoms with Gasteiger partial charge < -0.3 is 4.42 Å². The summed E-state index contributed by atoms with van der Waals surface area (Å²) in [5, 5.41) is 4.35. The average Bonchev–Trinajstić information content (AvgIpc) is 4.14. The van der Waals surface area contributed by atoms with E-state index in [1.807, 2.05) is 103 Å². The molecule has 0 aliphatic carbocycles. The summed E-state index contributed by atoms with van der Waals surface area (Å²) in [4.78, 5) is 25.9. The van der Waals surface area contributed by atoms with E-state index in [-0.39, 0.29) is 0 Å². The molecule has 0 bridgehead atoms. The number of hydrogen-bond acceptors (Lipinski definition) is 6. The Bertz CT molecular complexity index is 4200. The van der Waals surface area contributed by atoms with E-state index in [1.54, 1.807) is 0 Å². The van der Waals surface area contributed by atoms with Crippen molar-refractivity contribution in [2.75, 3.05) is 0 Å². The number of benzene rings is 9. The van der Waals surface area contributed by atoms with Crippen molar-refractivity contribution in [2.24, 2.45) is 0 Å². The third kappa shape index (κ3) is 6.88. The molecule has 0 unspecified atom stereocenters. The van der Waals surface area contributed by atoms with Crippen molar-refractivity contribution in [2.45, 2.75) is 0 Å². The van der Waals surface area contributed by atoms with Crippen molar-refractivity contribution in [1.82, 2.24) is 34.1 Å². The van der Waals surface area contributed by atoms with Crippen LogP contribution in [0.5, 0.6) is 0 Å². The Morgan fingerprint density at radius 1 is 0.296 bits per heavy atom. The summed E-state index contributed by atoms with van der Waals surface area (Å²) in [5.41, 5.74) is 14.1. The van der Waals surface area contributed by atoms with Gasteiger partial charge in [-0.1, -0.05) is 170 Å². The maximum Gasteiger partial charge on any atom is 0.227 e. The fourth-order valence-electron chi connectivity index (χ4n) is 10.0. The highest BCUT2D eigenvalue weighted by Crippen LogP contribution is 2.42. The van der Waals surface area contributed by atoms with Crippen molar-refractivity contribution < 1.29 is 4.42 Å². The van der Waals surface area contributed by atoms with E-state index in [4.69, 9.17) is 29.3 Å². The van der Waals surface area contributed by atoms with Crippen molar-refractivity contribution in [1.29, 1.82) is 0 Å². The van der Waals surface area contributed by atoms with Crippen molar-refractivity contribution in [3.63, 3.8) is 0 Å². The highest BCUT2D eigenvalue weighted by Gasteiger charge is 2.23. The third-order valence-electron chi connectivity index (χ3n) is 13.4. The fraction of sp³-hybridized carbons (Fsp3) is 0. The Morgan fingerprint density at radius 2 is 0.746 bits per heavy atom. The molecule has 14 rings (SSSR count). The van der Waals surface area contributed by atoms with E-state index in [0.29, 0.717) is 23.1 Å². The minimum atomic E-state index is 0.560. The molecule has 332 valence electrons. The molecule has 9 aromatic carbocycles. The van der Waals surface area contributed by atoms with Gasteiger partial charge >= 0.3 is 0 Å². The number of aromatic nitrogens is 7. The van der Waals surface area contributed by atoms with Crippen LogP contribution in [0.15, 0.2) is 241 Å². The summed E-state index contributed by atoms with van der Waals surface area (Å²) >= 11 is 0. The van der Waals surface area contributed by atoms with Gasteiger partial charge in [0.1, 0.15) is 22.7 Å². The van der Waals surface area contributed by atoms with E-state index in [1.165, 1.54) is 0 Å². The summed E-state index contributed by atoms with van der Waals surface area (Å²) in [6, 6.07) is 81.5. The standard InChI is InChI=1S/C63H39N7O/c1-6-18-40(19-7-1)52-38-57(67-61(64-52)42-22-10-3-11-23-42)69-54-29-17-16-28-47(54)49-36-45(30-34-55(49)69)46-31-35-56-50(37-46)48-32-33-51-60(71-63(66-51)44-26-14-5-15-27-44)59(48)70(56)58-39-53(41-20-8-2-9-21-41)65-62(68-58)43-24-12-4-13-25-43/h1-39H. The molecule has 0 amide bonds. The number of hydrogen-bond donors (Lipinski definition) is 0. The Balaban J connectivity index is 0.980. The first-order chi connectivity index (χ1) is 35.2. The molecule has 71 heavy (non-hydrogen) atoms. The summed E-state index contributed by atoms with van der Waals surface area (Å²) < 4.78 is 11.3. The number of oxazole rings is 1. The van der Waals surface area contributed by atoms with Crippen LogP contribution in [0.1, 0.15) is 0 Å². The van der Waals surface area contributed by atoms with Crippen LogP contribution >= 0.6 is 0 Å². The van der Waals surface area contributed by atoms with E-state index in [0.717, 1.165) is 111 Å². The molecule has 0 saturated heterocycles. The average molecular weight is 910 g/mol. The Kier molecular flexibility index (Phi) is 9.35. The molecule has 0 aliphatic rings. The second-order valence-electron chi connectivity index (χ2n) is 17.7. The molecule has 5 aromatic heterocycles. The summed E-state index contributed by atoms with van der Waals surface area (Å²) in [5.74, 6) is 3.39. The molecule has 0 aliphatic heterocycles. The maximum atomic E-state index is 6.81. The van der Waals surface area contributed by atoms with E-state index in [2.05, 4.69) is 143 Å². The first kappa shape index (κ1) is 40.3. The van der Waals surface area contributed by atoms with Crippen LogP contribution in [-0.2, 0) is 0 Å². The monoisotopic (exact) mass is 909 g/mol. The summed E-state index contributed by atoms with van der Waals surface area (Å²) in [6.45, 7) is 0. The van der Waals surface area contributed by atoms with Gasteiger partial charge in [0.25, 0.3) is 0 Å². The second kappa shape index (κ2) is 16.5. The summed E-state index contributed by atoms with van der Waals surface area (Å²) in [6.07, 6.45) is 0. The quantitative estimate of drug-likeness (QED) is 0.151. The maximum absolute atomic E-state index is 6.81. The first-order valence-corrected chi connectivity index (χ1v) is 23.7. The van der Waals surface area contributed by atoms with Gasteiger partial charge in [-0.05, 0) is 65.7 Å². The fourth-order valence-corrected chi connectivity index (χ4v) is 10.0. The van der Waals surface area contributed by atoms with Crippen molar-refractivity contribution in [3.8, 4) is 79.5 Å². The molecule has 5 heterocycles. The lowest BCUT2D eigenvalue weighted by molar-refractivity contribution is 0.621. The van der Waals surface area contributed by atoms with Gasteiger partial charge in [0, 0.05) is 61.5 Å². The minimum Gasteiger partial charge on any atom is -0.434 e. The molecule has 0 saturated carbocycles. The molecule has 0 fully saturated rings. The molecule has 14 aromatic rings. The van der Waals surface area contributed by atoms with Crippen LogP contribution in [-0.4, -0.2) is 34.1 Å². The molecule has 8 nitrogen and oxygen atoms in total. The lowest BCUT2D eigenvalue weighted by atomic mass is 10.0. The first-order valence-electron chi connectivity index (χ1n) is 23.7. The number of para-hydroxylation sites is 1. The molecular weight excluding hydrogens is 871 g/mol. The zero-order chi connectivity index (χ0) is 46.8. The molecule has 0 N–H and O–H groups in total. The van der Waals surface area contributed by atoms with Crippen LogP contribution < -0.4 is 0 Å². The van der Waals surface area contributed by atoms with Crippen molar-refractivity contribution >= 4 is 54.7 Å². The number of rotatable bonds is 8. The topological polar surface area (TPSA) is 87.5 Å². The van der Waals surface area contributed by atoms with Crippen molar-refractivity contribution in [3.05, 3.63) is 237 Å². The van der Waals surface area contributed by atoms with Gasteiger partial charge in [0.15, 0.2) is 17.2 Å². The van der Waals surface area contributed by atoms with Gasteiger partial charge in [0.2, 0.25) is 5.89 Å². The lowest BCUT2D eigenvalue weighted by Crippen LogP contribution is -2.02. The third-order valence-corrected chi connectivity index (χ3v) is 13.4. The zero-order valence-corrected chi connectivity index (χ0v) is 38.1. The summed E-state index contributed by atoms with van der Waals surface area (Å²) in [7, 11) is 0. The SMILES string of the molecule is c1ccc(-c2cc(-n3c4ccccc4c4cc(-c5ccc6c(c5)c5ccc7nc(-c8ccccc8)oc7c5n6-c5cc(-c6ccccc6)nc(-c6ccccc6)n5)ccc43)nc(-c3ccccc3)n2)cc1. The predicted molar refractivity (Wildman–Crippen MR) is 286 cm³/mol.